The van der Waals surface area contributed by atoms with E-state index in [2.05, 4.69) is 5.32 Å². The smallest absolute Gasteiger partial charge is 0.257 e. The Kier molecular flexibility index (Phi) is 4.99. The average Bonchev–Trinajstić information content (AvgIpc) is 3.11. The van der Waals surface area contributed by atoms with Gasteiger partial charge in [-0.1, -0.05) is 30.0 Å². The van der Waals surface area contributed by atoms with E-state index in [0.29, 0.717) is 23.0 Å². The summed E-state index contributed by atoms with van der Waals surface area (Å²) < 4.78 is 28.7. The molecule has 6 nitrogen and oxygen atoms in total. The van der Waals surface area contributed by atoms with Crippen molar-refractivity contribution in [1.82, 2.24) is 10.2 Å². The zero-order chi connectivity index (χ0) is 20.6. The van der Waals surface area contributed by atoms with Gasteiger partial charge in [0.15, 0.2) is 11.1 Å². The maximum atomic E-state index is 14.7. The second-order valence-electron chi connectivity index (χ2n) is 7.06. The number of nitrogens with zero attached hydrogens (tertiary/aromatic N) is 2. The van der Waals surface area contributed by atoms with Crippen molar-refractivity contribution in [2.24, 2.45) is 16.6 Å². The second-order valence-corrected chi connectivity index (χ2v) is 8.07. The number of aliphatic imine (C=N–C) groups is 1. The molecule has 0 radical (unpaired) electrons. The van der Waals surface area contributed by atoms with Crippen LogP contribution in [-0.4, -0.2) is 40.8 Å². The van der Waals surface area contributed by atoms with Crippen LogP contribution in [0.3, 0.4) is 0 Å². The van der Waals surface area contributed by atoms with Crippen LogP contribution in [0.4, 0.5) is 8.78 Å². The van der Waals surface area contributed by atoms with Gasteiger partial charge in [0.25, 0.3) is 5.91 Å². The molecule has 0 aromatic heterocycles. The maximum absolute atomic E-state index is 14.7. The number of amides is 1. The summed E-state index contributed by atoms with van der Waals surface area (Å²) in [4.78, 5) is 18.8. The SMILES string of the molecule is N=C(N)N1C[C@H]2CSC(NC(=O)c3ccccc3)=N[C@@]2(c2cc(F)ccc2F)C1. The highest BCUT2D eigenvalue weighted by Crippen LogP contribution is 2.46. The van der Waals surface area contributed by atoms with Crippen LogP contribution in [0.5, 0.6) is 0 Å². The number of hydrogen-bond acceptors (Lipinski definition) is 4. The van der Waals surface area contributed by atoms with Crippen molar-refractivity contribution in [1.29, 1.82) is 5.41 Å². The summed E-state index contributed by atoms with van der Waals surface area (Å²) in [6.45, 7) is 0.542. The fraction of sp³-hybridized carbons (Fsp3) is 0.250. The zero-order valence-corrected chi connectivity index (χ0v) is 16.2. The number of rotatable bonds is 2. The minimum Gasteiger partial charge on any atom is -0.370 e. The lowest BCUT2D eigenvalue weighted by molar-refractivity contribution is 0.0977. The highest BCUT2D eigenvalue weighted by molar-refractivity contribution is 8.13. The van der Waals surface area contributed by atoms with E-state index in [9.17, 15) is 13.6 Å². The van der Waals surface area contributed by atoms with Crippen molar-refractivity contribution in [3.05, 3.63) is 71.3 Å². The Morgan fingerprint density at radius 2 is 2.03 bits per heavy atom. The molecule has 9 heteroatoms. The number of fused-ring (bicyclic) bond motifs is 1. The predicted octanol–water partition coefficient (Wildman–Crippen LogP) is 2.52. The largest absolute Gasteiger partial charge is 0.370 e. The minimum atomic E-state index is -1.14. The van der Waals surface area contributed by atoms with Gasteiger partial charge in [0.05, 0.1) is 6.54 Å². The van der Waals surface area contributed by atoms with Crippen LogP contribution in [0.25, 0.3) is 0 Å². The molecule has 1 saturated heterocycles. The molecule has 4 N–H and O–H groups in total. The van der Waals surface area contributed by atoms with Gasteiger partial charge in [-0.15, -0.1) is 0 Å². The average molecular weight is 415 g/mol. The number of carbonyl (C=O) groups is 1. The summed E-state index contributed by atoms with van der Waals surface area (Å²) >= 11 is 1.34. The monoisotopic (exact) mass is 415 g/mol. The van der Waals surface area contributed by atoms with Crippen molar-refractivity contribution >= 4 is 28.8 Å². The summed E-state index contributed by atoms with van der Waals surface area (Å²) in [5.74, 6) is -1.29. The van der Waals surface area contributed by atoms with Crippen LogP contribution in [0.15, 0.2) is 53.5 Å². The fourth-order valence-corrected chi connectivity index (χ4v) is 4.95. The Bertz CT molecular complexity index is 1000. The second kappa shape index (κ2) is 7.47. The van der Waals surface area contributed by atoms with E-state index >= 15 is 0 Å². The molecule has 2 atom stereocenters. The van der Waals surface area contributed by atoms with E-state index in [4.69, 9.17) is 16.1 Å². The van der Waals surface area contributed by atoms with Crippen LogP contribution < -0.4 is 11.1 Å². The number of benzene rings is 2. The van der Waals surface area contributed by atoms with Crippen LogP contribution in [0, 0.1) is 23.0 Å². The molecule has 0 unspecified atom stereocenters. The molecule has 1 amide bonds. The molecular weight excluding hydrogens is 396 g/mol. The van der Waals surface area contributed by atoms with Crippen LogP contribution in [0.2, 0.25) is 0 Å². The van der Waals surface area contributed by atoms with Crippen LogP contribution in [0.1, 0.15) is 15.9 Å². The van der Waals surface area contributed by atoms with Gasteiger partial charge in [-0.2, -0.15) is 0 Å². The number of nitrogens with two attached hydrogens (primary N) is 1. The Morgan fingerprint density at radius 3 is 2.76 bits per heavy atom. The molecular formula is C20H19F2N5OS. The number of thioether (sulfide) groups is 1. The van der Waals surface area contributed by atoms with Crippen molar-refractivity contribution in [3.8, 4) is 0 Å². The molecule has 0 saturated carbocycles. The lowest BCUT2D eigenvalue weighted by atomic mass is 9.81. The standard InChI is InChI=1S/C20H19F2N5OS/c21-14-6-7-16(22)15(8-14)20-11-27(18(23)24)9-13(20)10-29-19(26-20)25-17(28)12-4-2-1-3-5-12/h1-8,13H,9-11H2,(H3,23,24)(H,25,26,28)/t13-,20-/m0/s1. The highest BCUT2D eigenvalue weighted by Gasteiger charge is 2.52. The number of amidine groups is 1. The first-order valence-electron chi connectivity index (χ1n) is 9.02. The number of guanidine groups is 1. The number of carbonyl (C=O) groups excluding carboxylic acids is 1. The van der Waals surface area contributed by atoms with E-state index in [0.717, 1.165) is 18.2 Å². The summed E-state index contributed by atoms with van der Waals surface area (Å²) in [5.41, 5.74) is 5.11. The molecule has 2 aliphatic heterocycles. The van der Waals surface area contributed by atoms with Gasteiger partial charge in [0, 0.05) is 29.3 Å². The van der Waals surface area contributed by atoms with Crippen molar-refractivity contribution < 1.29 is 13.6 Å². The topological polar surface area (TPSA) is 94.6 Å². The first kappa shape index (κ1) is 19.4. The lowest BCUT2D eigenvalue weighted by Gasteiger charge is -2.35. The normalized spacial score (nSPS) is 23.3. The quantitative estimate of drug-likeness (QED) is 0.519. The van der Waals surface area contributed by atoms with Crippen LogP contribution >= 0.6 is 11.8 Å². The Balaban J connectivity index is 1.74. The third-order valence-corrected chi connectivity index (χ3v) is 6.30. The highest BCUT2D eigenvalue weighted by atomic mass is 32.2. The minimum absolute atomic E-state index is 0.109. The zero-order valence-electron chi connectivity index (χ0n) is 15.4. The van der Waals surface area contributed by atoms with E-state index in [1.807, 2.05) is 6.07 Å². The molecule has 0 spiro atoms. The summed E-state index contributed by atoms with van der Waals surface area (Å²) in [7, 11) is 0. The van der Waals surface area contributed by atoms with Gasteiger partial charge in [0.1, 0.15) is 17.2 Å². The number of nitrogens with one attached hydrogen (secondary N) is 2. The van der Waals surface area contributed by atoms with Gasteiger partial charge in [-0.05, 0) is 30.3 Å². The third-order valence-electron chi connectivity index (χ3n) is 5.26. The van der Waals surface area contributed by atoms with E-state index in [1.54, 1.807) is 29.2 Å². The van der Waals surface area contributed by atoms with E-state index in [-0.39, 0.29) is 29.9 Å². The third kappa shape index (κ3) is 3.57. The van der Waals surface area contributed by atoms with Gasteiger partial charge in [0.2, 0.25) is 0 Å². The molecule has 2 aromatic rings. The first-order valence-corrected chi connectivity index (χ1v) is 10.0. The predicted molar refractivity (Wildman–Crippen MR) is 109 cm³/mol. The van der Waals surface area contributed by atoms with Gasteiger partial charge >= 0.3 is 0 Å². The number of likely N-dealkylation sites (tertiary alicyclic amines) is 1. The molecule has 1 fully saturated rings. The number of halogens is 2. The molecule has 29 heavy (non-hydrogen) atoms. The number of hydrogen-bond donors (Lipinski definition) is 3. The van der Waals surface area contributed by atoms with Gasteiger partial charge in [-0.3, -0.25) is 10.2 Å². The maximum Gasteiger partial charge on any atom is 0.257 e. The Morgan fingerprint density at radius 1 is 1.28 bits per heavy atom. The van der Waals surface area contributed by atoms with E-state index < -0.39 is 17.2 Å². The summed E-state index contributed by atoms with van der Waals surface area (Å²) in [6.07, 6.45) is 0. The molecule has 2 aliphatic rings. The summed E-state index contributed by atoms with van der Waals surface area (Å²) in [6, 6.07) is 12.0. The van der Waals surface area contributed by atoms with Crippen molar-refractivity contribution in [2.45, 2.75) is 5.54 Å². The molecule has 150 valence electrons. The Hall–Kier alpha value is -2.94. The van der Waals surface area contributed by atoms with Crippen molar-refractivity contribution in [2.75, 3.05) is 18.8 Å². The van der Waals surface area contributed by atoms with E-state index in [1.165, 1.54) is 11.8 Å². The molecule has 4 rings (SSSR count). The first-order chi connectivity index (χ1) is 13.9. The molecule has 0 aliphatic carbocycles. The van der Waals surface area contributed by atoms with Gasteiger partial charge in [-0.25, -0.2) is 13.8 Å². The fourth-order valence-electron chi connectivity index (χ4n) is 3.81. The Labute approximate surface area is 170 Å². The molecule has 2 aromatic carbocycles. The summed E-state index contributed by atoms with van der Waals surface area (Å²) in [5, 5.41) is 10.9. The molecule has 2 heterocycles. The molecule has 0 bridgehead atoms. The van der Waals surface area contributed by atoms with Crippen LogP contribution in [-0.2, 0) is 5.54 Å². The lowest BCUT2D eigenvalue weighted by Crippen LogP contribution is -2.43. The van der Waals surface area contributed by atoms with Gasteiger partial charge < -0.3 is 16.0 Å². The van der Waals surface area contributed by atoms with Crippen molar-refractivity contribution in [3.63, 3.8) is 0 Å².